The van der Waals surface area contributed by atoms with Crippen LogP contribution in [-0.2, 0) is 42.2 Å². The number of methoxy groups -OCH3 is 2. The van der Waals surface area contributed by atoms with Gasteiger partial charge < -0.3 is 9.47 Å². The molecule has 0 spiro atoms. The third-order valence-corrected chi connectivity index (χ3v) is 4.20. The van der Waals surface area contributed by atoms with Crippen LogP contribution in [0, 0.1) is 0 Å². The quantitative estimate of drug-likeness (QED) is 0.158. The summed E-state index contributed by atoms with van der Waals surface area (Å²) in [5.41, 5.74) is 3.42. The Morgan fingerprint density at radius 3 is 1.66 bits per heavy atom. The average Bonchev–Trinajstić information content (AvgIpc) is 2.85. The summed E-state index contributed by atoms with van der Waals surface area (Å²) >= 11 is 4.48. The average molecular weight is 660 g/mol. The number of halogens is 1. The van der Waals surface area contributed by atoms with Gasteiger partial charge in [0.25, 0.3) is 0 Å². The molecule has 2 aromatic rings. The zero-order chi connectivity index (χ0) is 25.9. The van der Waals surface area contributed by atoms with Crippen LogP contribution in [0.25, 0.3) is 6.08 Å². The fourth-order valence-electron chi connectivity index (χ4n) is 2.38. The maximum Gasteiger partial charge on any atom is 0.337 e. The number of ether oxygens (including phenoxy) is 2. The van der Waals surface area contributed by atoms with E-state index in [0.29, 0.717) is 11.1 Å². The van der Waals surface area contributed by atoms with Crippen LogP contribution in [0.4, 0.5) is 0 Å². The first kappa shape index (κ1) is 35.1. The first-order valence-corrected chi connectivity index (χ1v) is 12.4. The number of carbonyl (C=O) groups excluding carboxylic acids is 2. The van der Waals surface area contributed by atoms with Crippen molar-refractivity contribution in [3.8, 4) is 0 Å². The van der Waals surface area contributed by atoms with Crippen molar-refractivity contribution >= 4 is 56.5 Å². The van der Waals surface area contributed by atoms with Crippen LogP contribution in [0.1, 0.15) is 44.8 Å². The van der Waals surface area contributed by atoms with E-state index in [4.69, 9.17) is 9.78 Å². The Morgan fingerprint density at radius 1 is 0.829 bits per heavy atom. The fraction of sp³-hybridized carbons (Fsp3) is 0.280. The maximum absolute atomic E-state index is 11.4. The SMILES string of the molecule is C.C=Cc1cc(COOC)cc(C(=O)OC)c1.C=[CH][SnH].COOCc1cc(Br)cc(C(=O)OC)c1. The van der Waals surface area contributed by atoms with Crippen molar-refractivity contribution in [2.45, 2.75) is 20.6 Å². The van der Waals surface area contributed by atoms with Crippen LogP contribution < -0.4 is 0 Å². The molecular formula is C25H33BrO8Sn. The van der Waals surface area contributed by atoms with Crippen LogP contribution >= 0.6 is 15.9 Å². The van der Waals surface area contributed by atoms with Crippen LogP contribution in [0.3, 0.4) is 0 Å². The van der Waals surface area contributed by atoms with Gasteiger partial charge in [0.05, 0.1) is 39.6 Å². The summed E-state index contributed by atoms with van der Waals surface area (Å²) in [6.07, 6.45) is 1.66. The first-order chi connectivity index (χ1) is 16.3. The fourth-order valence-corrected chi connectivity index (χ4v) is 2.92. The van der Waals surface area contributed by atoms with E-state index >= 15 is 0 Å². The summed E-state index contributed by atoms with van der Waals surface area (Å²) in [6, 6.07) is 10.5. The second kappa shape index (κ2) is 21.3. The van der Waals surface area contributed by atoms with E-state index in [9.17, 15) is 9.59 Å². The Bertz CT molecular complexity index is 934. The Balaban J connectivity index is 0. The number of carbonyl (C=O) groups is 2. The topological polar surface area (TPSA) is 89.5 Å². The molecule has 35 heavy (non-hydrogen) atoms. The van der Waals surface area contributed by atoms with Gasteiger partial charge in [-0.05, 0) is 53.1 Å². The molecule has 0 bridgehead atoms. The van der Waals surface area contributed by atoms with Crippen molar-refractivity contribution in [1.29, 1.82) is 0 Å². The van der Waals surface area contributed by atoms with E-state index in [-0.39, 0.29) is 32.6 Å². The van der Waals surface area contributed by atoms with Crippen molar-refractivity contribution in [2.24, 2.45) is 0 Å². The number of hydrogen-bond acceptors (Lipinski definition) is 8. The Kier molecular flexibility index (Phi) is 21.4. The van der Waals surface area contributed by atoms with Gasteiger partial charge in [-0.3, -0.25) is 0 Å². The van der Waals surface area contributed by atoms with Gasteiger partial charge >= 0.3 is 45.1 Å². The zero-order valence-corrected chi connectivity index (χ0v) is 24.6. The molecule has 192 valence electrons. The Hall–Kier alpha value is -2.02. The first-order valence-electron chi connectivity index (χ1n) is 9.66. The predicted octanol–water partition coefficient (Wildman–Crippen LogP) is 5.17. The van der Waals surface area contributed by atoms with Crippen LogP contribution in [-0.4, -0.2) is 62.9 Å². The summed E-state index contributed by atoms with van der Waals surface area (Å²) in [5.74, 6) is -0.766. The summed E-state index contributed by atoms with van der Waals surface area (Å²) < 4.78 is 11.9. The molecule has 0 aliphatic rings. The van der Waals surface area contributed by atoms with E-state index in [1.54, 1.807) is 30.3 Å². The van der Waals surface area contributed by atoms with Crippen LogP contribution in [0.15, 0.2) is 58.1 Å². The van der Waals surface area contributed by atoms with E-state index < -0.39 is 0 Å². The molecule has 0 aliphatic carbocycles. The summed E-state index contributed by atoms with van der Waals surface area (Å²) in [7, 11) is 5.54. The monoisotopic (exact) mass is 660 g/mol. The Labute approximate surface area is 229 Å². The van der Waals surface area contributed by atoms with Crippen molar-refractivity contribution in [3.05, 3.63) is 85.9 Å². The predicted molar refractivity (Wildman–Crippen MR) is 141 cm³/mol. The minimum absolute atomic E-state index is 0. The molecule has 2 rings (SSSR count). The van der Waals surface area contributed by atoms with E-state index in [1.807, 2.05) is 16.2 Å². The van der Waals surface area contributed by atoms with Gasteiger partial charge in [-0.25, -0.2) is 29.1 Å². The molecule has 0 saturated carbocycles. The third kappa shape index (κ3) is 14.9. The van der Waals surface area contributed by atoms with Crippen molar-refractivity contribution < 1.29 is 38.6 Å². The Morgan fingerprint density at radius 2 is 1.26 bits per heavy atom. The smallest absolute Gasteiger partial charge is 0.337 e. The van der Waals surface area contributed by atoms with Crippen molar-refractivity contribution in [2.75, 3.05) is 28.4 Å². The summed E-state index contributed by atoms with van der Waals surface area (Å²) in [6.45, 7) is 7.62. The molecule has 0 saturated heterocycles. The molecule has 0 N–H and O–H groups in total. The maximum atomic E-state index is 11.4. The van der Waals surface area contributed by atoms with Crippen LogP contribution in [0.2, 0.25) is 0 Å². The van der Waals surface area contributed by atoms with E-state index in [1.165, 1.54) is 51.0 Å². The molecular weight excluding hydrogens is 627 g/mol. The molecule has 0 fully saturated rings. The molecule has 2 aromatic carbocycles. The normalized spacial score (nSPS) is 9.20. The largest absolute Gasteiger partial charge is 0.465 e. The number of rotatable bonds is 9. The van der Waals surface area contributed by atoms with Gasteiger partial charge in [-0.15, -0.1) is 0 Å². The van der Waals surface area contributed by atoms with E-state index in [2.05, 4.69) is 48.3 Å². The van der Waals surface area contributed by atoms with Gasteiger partial charge in [0.2, 0.25) is 0 Å². The van der Waals surface area contributed by atoms with Gasteiger partial charge in [-0.2, -0.15) is 0 Å². The molecule has 2 radical (unpaired) electrons. The molecule has 0 heterocycles. The molecule has 0 unspecified atom stereocenters. The van der Waals surface area contributed by atoms with Gasteiger partial charge in [0, 0.05) is 4.47 Å². The van der Waals surface area contributed by atoms with Crippen LogP contribution in [0.5, 0.6) is 0 Å². The van der Waals surface area contributed by atoms with Crippen molar-refractivity contribution in [1.82, 2.24) is 0 Å². The molecule has 0 amide bonds. The number of hydrogen-bond donors (Lipinski definition) is 0. The van der Waals surface area contributed by atoms with Crippen molar-refractivity contribution in [3.63, 3.8) is 0 Å². The minimum Gasteiger partial charge on any atom is -0.465 e. The third-order valence-electron chi connectivity index (χ3n) is 3.74. The molecule has 10 heteroatoms. The molecule has 0 aliphatic heterocycles. The van der Waals surface area contributed by atoms with Gasteiger partial charge in [-0.1, -0.05) is 36.0 Å². The second-order valence-corrected chi connectivity index (χ2v) is 8.35. The molecule has 8 nitrogen and oxygen atoms in total. The second-order valence-electron chi connectivity index (χ2n) is 6.09. The number of esters is 2. The summed E-state index contributed by atoms with van der Waals surface area (Å²) in [4.78, 5) is 41.2. The minimum atomic E-state index is -0.387. The molecule has 0 aromatic heterocycles. The van der Waals surface area contributed by atoms with Gasteiger partial charge in [0.15, 0.2) is 0 Å². The van der Waals surface area contributed by atoms with Gasteiger partial charge in [0.1, 0.15) is 13.2 Å². The number of benzene rings is 2. The standard InChI is InChI=1S/C12H14O4.C10H11BrO4.C2H3.CH4.Sn.H/c1-4-9-5-10(8-16-15-3)7-11(6-9)12(13)14-2;1-13-10(12)8-3-7(6-15-14-2)4-9(11)5-8;1-2;;;/h4-7H,1,8H2,2-3H3;3-5H,6H2,1-2H3;1H,2H2;1H4;;. The summed E-state index contributed by atoms with van der Waals surface area (Å²) in [5, 5.41) is 0. The zero-order valence-electron chi connectivity index (χ0n) is 19.7. The van der Waals surface area contributed by atoms with E-state index in [0.717, 1.165) is 21.2 Å². The molecule has 0 atom stereocenters.